The van der Waals surface area contributed by atoms with Gasteiger partial charge in [0.25, 0.3) is 0 Å². The topological polar surface area (TPSA) is 33.5 Å². The molecule has 0 saturated carbocycles. The number of nitrogens with zero attached hydrogens (tertiary/aromatic N) is 1. The van der Waals surface area contributed by atoms with Gasteiger partial charge in [-0.2, -0.15) is 0 Å². The molecule has 0 fully saturated rings. The van der Waals surface area contributed by atoms with Crippen LogP contribution in [0, 0.1) is 0 Å². The van der Waals surface area contributed by atoms with E-state index in [1.807, 2.05) is 18.3 Å². The van der Waals surface area contributed by atoms with Crippen molar-refractivity contribution >= 4 is 23.7 Å². The Morgan fingerprint density at radius 2 is 1.80 bits per heavy atom. The first kappa shape index (κ1) is 17.7. The molecule has 0 amide bonds. The van der Waals surface area contributed by atoms with Crippen molar-refractivity contribution in [1.82, 2.24) is 9.72 Å². The van der Waals surface area contributed by atoms with E-state index in [0.717, 1.165) is 38.0 Å². The van der Waals surface area contributed by atoms with Gasteiger partial charge in [0.15, 0.2) is 5.78 Å². The van der Waals surface area contributed by atoms with E-state index in [4.69, 9.17) is 0 Å². The number of carbonyl (C=O) groups excluding carboxylic acids is 1. The van der Waals surface area contributed by atoms with Crippen LogP contribution in [0.25, 0.3) is 5.52 Å². The molecule has 3 aromatic rings. The lowest BCUT2D eigenvalue weighted by atomic mass is 9.92. The molecule has 4 heteroatoms. The summed E-state index contributed by atoms with van der Waals surface area (Å²) >= 11 is 0. The van der Waals surface area contributed by atoms with Gasteiger partial charge in [-0.1, -0.05) is 36.4 Å². The first-order chi connectivity index (χ1) is 11.8. The second kappa shape index (κ2) is 7.85. The smallest absolute Gasteiger partial charge is 0.179 e. The standard InChI is InChI=1S/C21H22N2O.ClH/c24-20-11-6-9-18-17(19-10-4-5-14-23(19)21(18)20)12-13-22-15-16-7-2-1-3-8-16;/h1-5,7-8,10,14,22H,6,9,11-13,15H2;1H. The van der Waals surface area contributed by atoms with Crippen molar-refractivity contribution < 1.29 is 4.79 Å². The molecule has 2 heterocycles. The third-order valence-electron chi connectivity index (χ3n) is 4.88. The maximum Gasteiger partial charge on any atom is 0.179 e. The van der Waals surface area contributed by atoms with Gasteiger partial charge >= 0.3 is 0 Å². The lowest BCUT2D eigenvalue weighted by Gasteiger charge is -2.12. The zero-order chi connectivity index (χ0) is 16.4. The van der Waals surface area contributed by atoms with Gasteiger partial charge < -0.3 is 9.72 Å². The molecular formula is C21H23ClN2O. The zero-order valence-corrected chi connectivity index (χ0v) is 15.0. The van der Waals surface area contributed by atoms with Crippen LogP contribution in [0.5, 0.6) is 0 Å². The number of aromatic nitrogens is 1. The van der Waals surface area contributed by atoms with E-state index in [9.17, 15) is 4.79 Å². The van der Waals surface area contributed by atoms with Crippen molar-refractivity contribution in [3.8, 4) is 0 Å². The first-order valence-corrected chi connectivity index (χ1v) is 8.73. The van der Waals surface area contributed by atoms with Gasteiger partial charge in [-0.15, -0.1) is 12.4 Å². The van der Waals surface area contributed by atoms with Gasteiger partial charge in [0.1, 0.15) is 0 Å². The van der Waals surface area contributed by atoms with Crippen LogP contribution in [0.2, 0.25) is 0 Å². The number of hydrogen-bond donors (Lipinski definition) is 1. The van der Waals surface area contributed by atoms with Crippen LogP contribution in [-0.2, 0) is 19.4 Å². The van der Waals surface area contributed by atoms with Crippen LogP contribution in [-0.4, -0.2) is 16.7 Å². The minimum Gasteiger partial charge on any atom is -0.313 e. The molecule has 1 aromatic carbocycles. The van der Waals surface area contributed by atoms with E-state index >= 15 is 0 Å². The van der Waals surface area contributed by atoms with Crippen molar-refractivity contribution in [3.63, 3.8) is 0 Å². The van der Waals surface area contributed by atoms with Crippen LogP contribution < -0.4 is 5.32 Å². The van der Waals surface area contributed by atoms with E-state index in [0.29, 0.717) is 12.2 Å². The number of fused-ring (bicyclic) bond motifs is 3. The van der Waals surface area contributed by atoms with Crippen LogP contribution >= 0.6 is 12.4 Å². The molecule has 0 aliphatic heterocycles. The van der Waals surface area contributed by atoms with Gasteiger partial charge in [0.2, 0.25) is 0 Å². The molecule has 0 bridgehead atoms. The molecular weight excluding hydrogens is 332 g/mol. The normalized spacial score (nSPS) is 13.5. The summed E-state index contributed by atoms with van der Waals surface area (Å²) in [4.78, 5) is 12.4. The molecule has 0 unspecified atom stereocenters. The molecule has 0 spiro atoms. The quantitative estimate of drug-likeness (QED) is 0.696. The summed E-state index contributed by atoms with van der Waals surface area (Å²) in [6, 6.07) is 16.7. The highest BCUT2D eigenvalue weighted by Crippen LogP contribution is 2.30. The molecule has 4 rings (SSSR count). The summed E-state index contributed by atoms with van der Waals surface area (Å²) in [6.07, 6.45) is 5.67. The Morgan fingerprint density at radius 3 is 2.64 bits per heavy atom. The second-order valence-electron chi connectivity index (χ2n) is 6.45. The Bertz CT molecular complexity index is 870. The van der Waals surface area contributed by atoms with Gasteiger partial charge in [0, 0.05) is 24.7 Å². The highest BCUT2D eigenvalue weighted by atomic mass is 35.5. The number of pyridine rings is 1. The third-order valence-corrected chi connectivity index (χ3v) is 4.88. The van der Waals surface area contributed by atoms with Gasteiger partial charge in [-0.3, -0.25) is 4.79 Å². The Kier molecular flexibility index (Phi) is 5.57. The fourth-order valence-electron chi connectivity index (χ4n) is 3.76. The number of hydrogen-bond acceptors (Lipinski definition) is 2. The number of nitrogens with one attached hydrogen (secondary N) is 1. The predicted octanol–water partition coefficient (Wildman–Crippen LogP) is 4.21. The van der Waals surface area contributed by atoms with E-state index < -0.39 is 0 Å². The van der Waals surface area contributed by atoms with Crippen molar-refractivity contribution in [3.05, 3.63) is 77.1 Å². The van der Waals surface area contributed by atoms with Crippen LogP contribution in [0.4, 0.5) is 0 Å². The predicted molar refractivity (Wildman–Crippen MR) is 104 cm³/mol. The average Bonchev–Trinajstić information content (AvgIpc) is 2.95. The number of benzene rings is 1. The fourth-order valence-corrected chi connectivity index (χ4v) is 3.76. The highest BCUT2D eigenvalue weighted by molar-refractivity contribution is 5.99. The summed E-state index contributed by atoms with van der Waals surface area (Å²) < 4.78 is 2.10. The SMILES string of the molecule is Cl.O=C1CCCc2c(CCNCc3ccccc3)c3ccccn3c21. The Balaban J connectivity index is 0.00000182. The third kappa shape index (κ3) is 3.48. The van der Waals surface area contributed by atoms with E-state index in [-0.39, 0.29) is 12.4 Å². The molecule has 0 radical (unpaired) electrons. The summed E-state index contributed by atoms with van der Waals surface area (Å²) in [5.74, 6) is 0.293. The van der Waals surface area contributed by atoms with E-state index in [1.54, 1.807) is 0 Å². The Labute approximate surface area is 154 Å². The summed E-state index contributed by atoms with van der Waals surface area (Å²) in [7, 11) is 0. The van der Waals surface area contributed by atoms with Crippen LogP contribution in [0.1, 0.15) is 40.0 Å². The van der Waals surface area contributed by atoms with Crippen molar-refractivity contribution in [1.29, 1.82) is 0 Å². The molecule has 3 nitrogen and oxygen atoms in total. The Morgan fingerprint density at radius 1 is 1.00 bits per heavy atom. The summed E-state index contributed by atoms with van der Waals surface area (Å²) in [5.41, 5.74) is 6.05. The van der Waals surface area contributed by atoms with Gasteiger partial charge in [-0.05, 0) is 54.6 Å². The van der Waals surface area contributed by atoms with Crippen molar-refractivity contribution in [2.45, 2.75) is 32.2 Å². The van der Waals surface area contributed by atoms with Crippen molar-refractivity contribution in [2.75, 3.05) is 6.54 Å². The minimum atomic E-state index is 0. The largest absolute Gasteiger partial charge is 0.313 e. The molecule has 1 aliphatic rings. The van der Waals surface area contributed by atoms with Gasteiger partial charge in [0.05, 0.1) is 5.69 Å². The fraction of sp³-hybridized carbons (Fsp3) is 0.286. The maximum atomic E-state index is 12.4. The number of Topliss-reactive ketones (excluding diaryl/α,β-unsaturated/α-hetero) is 1. The number of carbonyl (C=O) groups is 1. The molecule has 1 aliphatic carbocycles. The summed E-state index contributed by atoms with van der Waals surface area (Å²) in [5, 5.41) is 3.53. The first-order valence-electron chi connectivity index (χ1n) is 8.73. The summed E-state index contributed by atoms with van der Waals surface area (Å²) in [6.45, 7) is 1.80. The number of halogens is 1. The Hall–Kier alpha value is -2.10. The molecule has 2 aromatic heterocycles. The maximum absolute atomic E-state index is 12.4. The van der Waals surface area contributed by atoms with Crippen molar-refractivity contribution in [2.24, 2.45) is 0 Å². The zero-order valence-electron chi connectivity index (χ0n) is 14.2. The molecule has 1 N–H and O–H groups in total. The number of ketones is 1. The molecule has 25 heavy (non-hydrogen) atoms. The highest BCUT2D eigenvalue weighted by Gasteiger charge is 2.25. The average molecular weight is 355 g/mol. The minimum absolute atomic E-state index is 0. The lowest BCUT2D eigenvalue weighted by Crippen LogP contribution is -2.17. The van der Waals surface area contributed by atoms with E-state index in [2.05, 4.69) is 46.1 Å². The molecule has 0 atom stereocenters. The number of rotatable bonds is 5. The molecule has 130 valence electrons. The van der Waals surface area contributed by atoms with Gasteiger partial charge in [-0.25, -0.2) is 0 Å². The van der Waals surface area contributed by atoms with Crippen LogP contribution in [0.3, 0.4) is 0 Å². The second-order valence-corrected chi connectivity index (χ2v) is 6.45. The lowest BCUT2D eigenvalue weighted by molar-refractivity contribution is 0.0966. The molecule has 0 saturated heterocycles. The monoisotopic (exact) mass is 354 g/mol. The van der Waals surface area contributed by atoms with Crippen LogP contribution in [0.15, 0.2) is 54.7 Å². The van der Waals surface area contributed by atoms with E-state index in [1.165, 1.54) is 22.2 Å².